The van der Waals surface area contributed by atoms with Crippen molar-refractivity contribution in [3.63, 3.8) is 0 Å². The van der Waals surface area contributed by atoms with Crippen LogP contribution in [0.2, 0.25) is 0 Å². The van der Waals surface area contributed by atoms with E-state index in [0.29, 0.717) is 11.7 Å². The first-order valence-corrected chi connectivity index (χ1v) is 6.75. The van der Waals surface area contributed by atoms with Crippen LogP contribution in [0.25, 0.3) is 0 Å². The van der Waals surface area contributed by atoms with E-state index < -0.39 is 0 Å². The molecule has 1 heterocycles. The second-order valence-corrected chi connectivity index (χ2v) is 5.14. The molecule has 5 heteroatoms. The van der Waals surface area contributed by atoms with Gasteiger partial charge in [-0.15, -0.1) is 0 Å². The standard InChI is InChI=1S/C14H21N3O2/c1-15-10-6-8-11(9-7-10)17(2)14(19)12-4-3-5-13(18)16-12/h3-5,10-11,15H,6-9H2,1-2H3,(H,16,18). The minimum atomic E-state index is -0.238. The van der Waals surface area contributed by atoms with Crippen LogP contribution >= 0.6 is 0 Å². The fourth-order valence-electron chi connectivity index (χ4n) is 2.68. The number of H-pyrrole nitrogens is 1. The summed E-state index contributed by atoms with van der Waals surface area (Å²) in [6.45, 7) is 0. The highest BCUT2D eigenvalue weighted by Gasteiger charge is 2.26. The van der Waals surface area contributed by atoms with E-state index in [4.69, 9.17) is 0 Å². The number of carbonyl (C=O) groups is 1. The third-order valence-electron chi connectivity index (χ3n) is 3.97. The number of carbonyl (C=O) groups excluding carboxylic acids is 1. The minimum absolute atomic E-state index is 0.106. The average Bonchev–Trinajstić information content (AvgIpc) is 2.46. The fourth-order valence-corrected chi connectivity index (χ4v) is 2.68. The van der Waals surface area contributed by atoms with E-state index >= 15 is 0 Å². The normalized spacial score (nSPS) is 23.1. The van der Waals surface area contributed by atoms with Crippen LogP contribution in [0, 0.1) is 0 Å². The van der Waals surface area contributed by atoms with Crippen LogP contribution in [0.15, 0.2) is 23.0 Å². The third-order valence-corrected chi connectivity index (χ3v) is 3.97. The zero-order valence-corrected chi connectivity index (χ0v) is 11.5. The first-order chi connectivity index (χ1) is 9.11. The molecule has 0 spiro atoms. The quantitative estimate of drug-likeness (QED) is 0.854. The number of aromatic amines is 1. The molecule has 19 heavy (non-hydrogen) atoms. The van der Waals surface area contributed by atoms with Gasteiger partial charge in [-0.25, -0.2) is 0 Å². The van der Waals surface area contributed by atoms with Gasteiger partial charge in [0, 0.05) is 25.2 Å². The van der Waals surface area contributed by atoms with Crippen LogP contribution in [-0.2, 0) is 0 Å². The summed E-state index contributed by atoms with van der Waals surface area (Å²) in [5, 5.41) is 3.28. The molecule has 0 saturated heterocycles. The van der Waals surface area contributed by atoms with Crippen molar-refractivity contribution in [2.45, 2.75) is 37.8 Å². The molecule has 1 saturated carbocycles. The summed E-state index contributed by atoms with van der Waals surface area (Å²) in [4.78, 5) is 27.9. The molecular weight excluding hydrogens is 242 g/mol. The molecule has 0 aliphatic heterocycles. The van der Waals surface area contributed by atoms with E-state index in [-0.39, 0.29) is 17.5 Å². The predicted octanol–water partition coefficient (Wildman–Crippen LogP) is 0.977. The molecule has 1 aliphatic carbocycles. The van der Waals surface area contributed by atoms with Crippen LogP contribution < -0.4 is 10.9 Å². The van der Waals surface area contributed by atoms with Gasteiger partial charge in [-0.2, -0.15) is 0 Å². The second-order valence-electron chi connectivity index (χ2n) is 5.14. The van der Waals surface area contributed by atoms with Crippen molar-refractivity contribution in [1.82, 2.24) is 15.2 Å². The topological polar surface area (TPSA) is 65.2 Å². The maximum absolute atomic E-state index is 12.3. The molecule has 0 bridgehead atoms. The Morgan fingerprint density at radius 1 is 1.32 bits per heavy atom. The Kier molecular flexibility index (Phi) is 4.37. The van der Waals surface area contributed by atoms with Crippen LogP contribution in [0.4, 0.5) is 0 Å². The molecule has 1 aromatic rings. The summed E-state index contributed by atoms with van der Waals surface area (Å²) in [6.07, 6.45) is 4.18. The summed E-state index contributed by atoms with van der Waals surface area (Å²) in [5.74, 6) is -0.106. The lowest BCUT2D eigenvalue weighted by atomic mass is 9.90. The summed E-state index contributed by atoms with van der Waals surface area (Å²) < 4.78 is 0. The molecule has 1 aliphatic rings. The van der Waals surface area contributed by atoms with Crippen molar-refractivity contribution in [2.24, 2.45) is 0 Å². The molecule has 0 radical (unpaired) electrons. The summed E-state index contributed by atoms with van der Waals surface area (Å²) in [7, 11) is 3.80. The van der Waals surface area contributed by atoms with Gasteiger partial charge in [0.25, 0.3) is 5.91 Å². The smallest absolute Gasteiger partial charge is 0.270 e. The van der Waals surface area contributed by atoms with E-state index in [1.165, 1.54) is 6.07 Å². The van der Waals surface area contributed by atoms with Crippen molar-refractivity contribution in [3.8, 4) is 0 Å². The lowest BCUT2D eigenvalue weighted by Gasteiger charge is -2.34. The van der Waals surface area contributed by atoms with Crippen molar-refractivity contribution in [2.75, 3.05) is 14.1 Å². The Balaban J connectivity index is 2.02. The van der Waals surface area contributed by atoms with Gasteiger partial charge in [0.05, 0.1) is 0 Å². The van der Waals surface area contributed by atoms with Gasteiger partial charge in [-0.05, 0) is 38.8 Å². The van der Waals surface area contributed by atoms with Gasteiger partial charge in [-0.3, -0.25) is 9.59 Å². The first-order valence-electron chi connectivity index (χ1n) is 6.75. The molecule has 104 valence electrons. The summed E-state index contributed by atoms with van der Waals surface area (Å²) >= 11 is 0. The number of pyridine rings is 1. The van der Waals surface area contributed by atoms with E-state index in [1.54, 1.807) is 17.0 Å². The zero-order chi connectivity index (χ0) is 13.8. The summed E-state index contributed by atoms with van der Waals surface area (Å²) in [6, 6.07) is 5.50. The monoisotopic (exact) mass is 263 g/mol. The van der Waals surface area contributed by atoms with Crippen LogP contribution in [0.5, 0.6) is 0 Å². The molecule has 2 N–H and O–H groups in total. The first kappa shape index (κ1) is 13.8. The Bertz CT molecular complexity index is 489. The number of nitrogens with one attached hydrogen (secondary N) is 2. The van der Waals surface area contributed by atoms with Crippen LogP contribution in [-0.4, -0.2) is 42.0 Å². The Hall–Kier alpha value is -1.62. The van der Waals surface area contributed by atoms with E-state index in [0.717, 1.165) is 25.7 Å². The molecule has 2 rings (SSSR count). The molecule has 0 atom stereocenters. The van der Waals surface area contributed by atoms with Gasteiger partial charge in [0.2, 0.25) is 5.56 Å². The SMILES string of the molecule is CNC1CCC(N(C)C(=O)c2cccc(=O)[nH]2)CC1. The molecule has 1 aromatic heterocycles. The van der Waals surface area contributed by atoms with Gasteiger partial charge in [0.1, 0.15) is 5.69 Å². The summed E-state index contributed by atoms with van der Waals surface area (Å²) in [5.41, 5.74) is 0.129. The number of hydrogen-bond donors (Lipinski definition) is 2. The van der Waals surface area contributed by atoms with Crippen molar-refractivity contribution in [1.29, 1.82) is 0 Å². The maximum atomic E-state index is 12.3. The van der Waals surface area contributed by atoms with Crippen molar-refractivity contribution >= 4 is 5.91 Å². The second kappa shape index (κ2) is 6.02. The Morgan fingerprint density at radius 3 is 2.58 bits per heavy atom. The molecule has 1 amide bonds. The highest BCUT2D eigenvalue weighted by atomic mass is 16.2. The number of hydrogen-bond acceptors (Lipinski definition) is 3. The molecule has 1 fully saturated rings. The van der Waals surface area contributed by atoms with Gasteiger partial charge < -0.3 is 15.2 Å². The fraction of sp³-hybridized carbons (Fsp3) is 0.571. The maximum Gasteiger partial charge on any atom is 0.270 e. The predicted molar refractivity (Wildman–Crippen MR) is 74.3 cm³/mol. The minimum Gasteiger partial charge on any atom is -0.337 e. The van der Waals surface area contributed by atoms with Crippen molar-refractivity contribution < 1.29 is 4.79 Å². The van der Waals surface area contributed by atoms with E-state index in [1.807, 2.05) is 14.1 Å². The van der Waals surface area contributed by atoms with Gasteiger partial charge in [0.15, 0.2) is 0 Å². The highest BCUT2D eigenvalue weighted by Crippen LogP contribution is 2.22. The third kappa shape index (κ3) is 3.23. The molecular formula is C14H21N3O2. The zero-order valence-electron chi connectivity index (χ0n) is 11.5. The average molecular weight is 263 g/mol. The van der Waals surface area contributed by atoms with Crippen LogP contribution in [0.3, 0.4) is 0 Å². The molecule has 0 unspecified atom stereocenters. The Morgan fingerprint density at radius 2 is 2.00 bits per heavy atom. The van der Waals surface area contributed by atoms with E-state index in [9.17, 15) is 9.59 Å². The number of amides is 1. The lowest BCUT2D eigenvalue weighted by molar-refractivity contribution is 0.0679. The Labute approximate surface area is 113 Å². The van der Waals surface area contributed by atoms with Crippen molar-refractivity contribution in [3.05, 3.63) is 34.2 Å². The molecule has 5 nitrogen and oxygen atoms in total. The van der Waals surface area contributed by atoms with Gasteiger partial charge in [-0.1, -0.05) is 6.07 Å². The lowest BCUT2D eigenvalue weighted by Crippen LogP contribution is -2.43. The number of rotatable bonds is 3. The van der Waals surface area contributed by atoms with E-state index in [2.05, 4.69) is 10.3 Å². The number of aromatic nitrogens is 1. The van der Waals surface area contributed by atoms with Gasteiger partial charge >= 0.3 is 0 Å². The van der Waals surface area contributed by atoms with Crippen LogP contribution in [0.1, 0.15) is 36.2 Å². The number of nitrogens with zero attached hydrogens (tertiary/aromatic N) is 1. The highest BCUT2D eigenvalue weighted by molar-refractivity contribution is 5.92. The largest absolute Gasteiger partial charge is 0.337 e. The molecule has 0 aromatic carbocycles.